The van der Waals surface area contributed by atoms with Crippen LogP contribution in [0.3, 0.4) is 0 Å². The second-order valence-corrected chi connectivity index (χ2v) is 6.01. The lowest BCUT2D eigenvalue weighted by atomic mass is 10.0. The van der Waals surface area contributed by atoms with Gasteiger partial charge in [0.25, 0.3) is 0 Å². The van der Waals surface area contributed by atoms with Gasteiger partial charge in [-0.1, -0.05) is 0 Å². The molecule has 0 unspecified atom stereocenters. The van der Waals surface area contributed by atoms with Crippen molar-refractivity contribution in [1.82, 2.24) is 25.4 Å². The number of aliphatic imine (C=N–C) groups is 1. The van der Waals surface area contributed by atoms with Gasteiger partial charge in [-0.25, -0.2) is 4.99 Å². The highest BCUT2D eigenvalue weighted by Crippen LogP contribution is 2.48. The van der Waals surface area contributed by atoms with E-state index in [2.05, 4.69) is 32.7 Å². The quantitative estimate of drug-likeness (QED) is 0.368. The summed E-state index contributed by atoms with van der Waals surface area (Å²) in [7, 11) is 3.72. The molecule has 2 N–H and O–H groups in total. The molecule has 1 aliphatic carbocycles. The van der Waals surface area contributed by atoms with Gasteiger partial charge >= 0.3 is 0 Å². The topological polar surface area (TPSA) is 76.4 Å². The molecule has 0 atom stereocenters. The maximum absolute atomic E-state index is 5.20. The van der Waals surface area contributed by atoms with Crippen molar-refractivity contribution in [3.63, 3.8) is 0 Å². The molecule has 23 heavy (non-hydrogen) atoms. The third-order valence-corrected chi connectivity index (χ3v) is 4.33. The summed E-state index contributed by atoms with van der Waals surface area (Å²) in [5.74, 6) is 2.61. The van der Waals surface area contributed by atoms with Crippen LogP contribution in [-0.2, 0) is 18.3 Å². The van der Waals surface area contributed by atoms with Crippen LogP contribution < -0.4 is 10.6 Å². The first kappa shape index (κ1) is 20.1. The van der Waals surface area contributed by atoms with Gasteiger partial charge in [-0.3, -0.25) is 0 Å². The number of hydrogen-bond donors (Lipinski definition) is 2. The average molecular weight is 436 g/mol. The highest BCUT2D eigenvalue weighted by molar-refractivity contribution is 14.0. The van der Waals surface area contributed by atoms with Gasteiger partial charge in [-0.2, -0.15) is 0 Å². The molecule has 0 bridgehead atoms. The molecular formula is C15H29IN6O. The lowest BCUT2D eigenvalue weighted by Gasteiger charge is -2.18. The molecule has 1 heterocycles. The van der Waals surface area contributed by atoms with Gasteiger partial charge in [-0.15, -0.1) is 34.2 Å². The van der Waals surface area contributed by atoms with Crippen LogP contribution in [0.1, 0.15) is 37.8 Å². The number of nitrogens with one attached hydrogen (secondary N) is 2. The molecule has 0 saturated heterocycles. The van der Waals surface area contributed by atoms with Crippen LogP contribution in [-0.4, -0.2) is 47.5 Å². The Kier molecular flexibility index (Phi) is 8.24. The van der Waals surface area contributed by atoms with Gasteiger partial charge in [0.2, 0.25) is 0 Å². The molecule has 0 radical (unpaired) electrons. The zero-order chi connectivity index (χ0) is 16.0. The zero-order valence-corrected chi connectivity index (χ0v) is 16.9. The Bertz CT molecular complexity index is 512. The highest BCUT2D eigenvalue weighted by Gasteiger charge is 2.41. The summed E-state index contributed by atoms with van der Waals surface area (Å²) in [6.45, 7) is 7.15. The molecule has 1 fully saturated rings. The largest absolute Gasteiger partial charge is 0.385 e. The Morgan fingerprint density at radius 2 is 2.09 bits per heavy atom. The molecule has 0 aliphatic heterocycles. The second kappa shape index (κ2) is 9.41. The number of methoxy groups -OCH3 is 1. The average Bonchev–Trinajstić information content (AvgIpc) is 3.22. The molecular weight excluding hydrogens is 407 g/mol. The summed E-state index contributed by atoms with van der Waals surface area (Å²) < 4.78 is 7.17. The summed E-state index contributed by atoms with van der Waals surface area (Å²) >= 11 is 0. The number of halogens is 1. The first-order valence-corrected chi connectivity index (χ1v) is 7.96. The number of hydrogen-bond acceptors (Lipinski definition) is 4. The minimum Gasteiger partial charge on any atom is -0.385 e. The van der Waals surface area contributed by atoms with E-state index in [1.807, 2.05) is 18.5 Å². The van der Waals surface area contributed by atoms with Crippen LogP contribution in [0.15, 0.2) is 4.99 Å². The van der Waals surface area contributed by atoms with Crippen LogP contribution in [0, 0.1) is 12.3 Å². The van der Waals surface area contributed by atoms with Crippen LogP contribution >= 0.6 is 24.0 Å². The second-order valence-electron chi connectivity index (χ2n) is 6.01. The van der Waals surface area contributed by atoms with E-state index in [0.29, 0.717) is 12.0 Å². The summed E-state index contributed by atoms with van der Waals surface area (Å²) in [5, 5.41) is 14.9. The third kappa shape index (κ3) is 5.91. The molecule has 0 amide bonds. The monoisotopic (exact) mass is 436 g/mol. The zero-order valence-electron chi connectivity index (χ0n) is 14.6. The third-order valence-electron chi connectivity index (χ3n) is 4.33. The smallest absolute Gasteiger partial charge is 0.191 e. The maximum Gasteiger partial charge on any atom is 0.191 e. The van der Waals surface area contributed by atoms with Gasteiger partial charge in [0.05, 0.1) is 0 Å². The Balaban J connectivity index is 0.00000264. The van der Waals surface area contributed by atoms with Crippen LogP contribution in [0.2, 0.25) is 0 Å². The van der Waals surface area contributed by atoms with Crippen molar-refractivity contribution in [2.75, 3.05) is 26.8 Å². The van der Waals surface area contributed by atoms with E-state index >= 15 is 0 Å². The van der Waals surface area contributed by atoms with Crippen LogP contribution in [0.5, 0.6) is 0 Å². The van der Waals surface area contributed by atoms with Crippen molar-refractivity contribution in [3.8, 4) is 0 Å². The van der Waals surface area contributed by atoms with E-state index in [-0.39, 0.29) is 24.0 Å². The van der Waals surface area contributed by atoms with E-state index in [1.165, 1.54) is 12.8 Å². The lowest BCUT2D eigenvalue weighted by Crippen LogP contribution is -2.40. The fraction of sp³-hybridized carbons (Fsp3) is 0.800. The van der Waals surface area contributed by atoms with E-state index in [1.54, 1.807) is 7.11 Å². The number of ether oxygens (including phenoxy) is 1. The van der Waals surface area contributed by atoms with Crippen LogP contribution in [0.25, 0.3) is 0 Å². The standard InChI is InChI=1S/C15H28N6O.HI/c1-5-16-14(17-10-13-20-19-12(2)21(13)3)18-11-15(6-7-15)8-9-22-4;/h5-11H2,1-4H3,(H2,16,17,18);1H. The van der Waals surface area contributed by atoms with E-state index in [0.717, 1.165) is 43.7 Å². The Hall–Kier alpha value is -0.900. The number of rotatable bonds is 8. The molecule has 132 valence electrons. The van der Waals surface area contributed by atoms with Gasteiger partial charge in [0, 0.05) is 33.9 Å². The molecule has 1 saturated carbocycles. The summed E-state index contributed by atoms with van der Waals surface area (Å²) in [4.78, 5) is 4.61. The van der Waals surface area contributed by atoms with Crippen molar-refractivity contribution < 1.29 is 4.74 Å². The molecule has 0 spiro atoms. The predicted octanol–water partition coefficient (Wildman–Crippen LogP) is 1.61. The number of aromatic nitrogens is 3. The van der Waals surface area contributed by atoms with E-state index in [9.17, 15) is 0 Å². The van der Waals surface area contributed by atoms with Gasteiger partial charge < -0.3 is 19.9 Å². The van der Waals surface area contributed by atoms with Crippen molar-refractivity contribution in [1.29, 1.82) is 0 Å². The highest BCUT2D eigenvalue weighted by atomic mass is 127. The summed E-state index contributed by atoms with van der Waals surface area (Å²) in [5.41, 5.74) is 0.396. The van der Waals surface area contributed by atoms with Crippen molar-refractivity contribution in [2.24, 2.45) is 17.5 Å². The molecule has 7 nitrogen and oxygen atoms in total. The number of nitrogens with zero attached hydrogens (tertiary/aromatic N) is 4. The minimum atomic E-state index is 0. The van der Waals surface area contributed by atoms with E-state index < -0.39 is 0 Å². The van der Waals surface area contributed by atoms with Crippen molar-refractivity contribution in [3.05, 3.63) is 11.6 Å². The van der Waals surface area contributed by atoms with Crippen molar-refractivity contribution >= 4 is 29.9 Å². The van der Waals surface area contributed by atoms with E-state index in [4.69, 9.17) is 4.74 Å². The lowest BCUT2D eigenvalue weighted by molar-refractivity contribution is 0.172. The van der Waals surface area contributed by atoms with Gasteiger partial charge in [-0.05, 0) is 38.5 Å². The van der Waals surface area contributed by atoms with Crippen LogP contribution in [0.4, 0.5) is 0 Å². The maximum atomic E-state index is 5.20. The fourth-order valence-electron chi connectivity index (χ4n) is 2.36. The number of guanidine groups is 1. The first-order valence-electron chi connectivity index (χ1n) is 7.96. The molecule has 1 aromatic rings. The predicted molar refractivity (Wildman–Crippen MR) is 102 cm³/mol. The molecule has 1 aliphatic rings. The van der Waals surface area contributed by atoms with Crippen molar-refractivity contribution in [2.45, 2.75) is 39.7 Å². The Labute approximate surface area is 155 Å². The molecule has 0 aromatic carbocycles. The normalized spacial score (nSPS) is 15.9. The molecule has 8 heteroatoms. The fourth-order valence-corrected chi connectivity index (χ4v) is 2.36. The number of aryl methyl sites for hydroxylation is 1. The Morgan fingerprint density at radius 3 is 2.61 bits per heavy atom. The Morgan fingerprint density at radius 1 is 1.35 bits per heavy atom. The van der Waals surface area contributed by atoms with Gasteiger partial charge in [0.15, 0.2) is 11.8 Å². The summed E-state index contributed by atoms with van der Waals surface area (Å²) in [6, 6.07) is 0. The molecule has 2 rings (SSSR count). The summed E-state index contributed by atoms with van der Waals surface area (Å²) in [6.07, 6.45) is 3.65. The van der Waals surface area contributed by atoms with Gasteiger partial charge in [0.1, 0.15) is 12.4 Å². The SMILES string of the molecule is CCNC(=NCc1nnc(C)n1C)NCC1(CCOC)CC1.I. The molecule has 1 aromatic heterocycles. The minimum absolute atomic E-state index is 0. The first-order chi connectivity index (χ1) is 10.6.